The van der Waals surface area contributed by atoms with E-state index in [1.165, 1.54) is 43.4 Å². The predicted molar refractivity (Wildman–Crippen MR) is 103 cm³/mol. The summed E-state index contributed by atoms with van der Waals surface area (Å²) >= 11 is 0. The monoisotopic (exact) mass is 325 g/mol. The minimum absolute atomic E-state index is 0.928. The standard InChI is InChI=1S/C22H31NO/c1-3-4-5-9-17-23(18-16-20-10-7-6-8-11-20)19-21-12-14-22(24-2)15-13-21/h6-8,10-15H,3-5,9,16-19H2,1-2H3. The van der Waals surface area contributed by atoms with Crippen molar-refractivity contribution < 1.29 is 4.74 Å². The first-order chi connectivity index (χ1) is 11.8. The smallest absolute Gasteiger partial charge is 0.118 e. The molecule has 0 saturated carbocycles. The van der Waals surface area contributed by atoms with Gasteiger partial charge in [0.1, 0.15) is 5.75 Å². The molecule has 24 heavy (non-hydrogen) atoms. The van der Waals surface area contributed by atoms with Crippen LogP contribution in [0.3, 0.4) is 0 Å². The number of hydrogen-bond donors (Lipinski definition) is 0. The third-order valence-corrected chi connectivity index (χ3v) is 4.45. The molecule has 0 bridgehead atoms. The van der Waals surface area contributed by atoms with Gasteiger partial charge in [-0.05, 0) is 42.6 Å². The van der Waals surface area contributed by atoms with Crippen LogP contribution in [0.4, 0.5) is 0 Å². The predicted octanol–water partition coefficient (Wildman–Crippen LogP) is 5.32. The molecule has 0 aliphatic carbocycles. The third kappa shape index (κ3) is 6.76. The Morgan fingerprint density at radius 3 is 2.21 bits per heavy atom. The van der Waals surface area contributed by atoms with Gasteiger partial charge in [0, 0.05) is 13.1 Å². The van der Waals surface area contributed by atoms with Crippen molar-refractivity contribution in [1.82, 2.24) is 4.90 Å². The van der Waals surface area contributed by atoms with Crippen molar-refractivity contribution in [2.45, 2.75) is 45.6 Å². The molecule has 2 heteroatoms. The van der Waals surface area contributed by atoms with Gasteiger partial charge in [0.25, 0.3) is 0 Å². The molecule has 0 unspecified atom stereocenters. The van der Waals surface area contributed by atoms with E-state index >= 15 is 0 Å². The normalized spacial score (nSPS) is 11.0. The largest absolute Gasteiger partial charge is 0.497 e. The van der Waals surface area contributed by atoms with Gasteiger partial charge >= 0.3 is 0 Å². The maximum atomic E-state index is 5.26. The van der Waals surface area contributed by atoms with E-state index in [0.29, 0.717) is 0 Å². The summed E-state index contributed by atoms with van der Waals surface area (Å²) in [5.74, 6) is 0.928. The molecule has 0 fully saturated rings. The zero-order valence-corrected chi connectivity index (χ0v) is 15.2. The average Bonchev–Trinajstić information content (AvgIpc) is 2.64. The van der Waals surface area contributed by atoms with Crippen LogP contribution in [-0.4, -0.2) is 25.1 Å². The summed E-state index contributed by atoms with van der Waals surface area (Å²) in [5.41, 5.74) is 2.78. The molecule has 0 aliphatic heterocycles. The van der Waals surface area contributed by atoms with Crippen molar-refractivity contribution in [1.29, 1.82) is 0 Å². The highest BCUT2D eigenvalue weighted by Gasteiger charge is 2.07. The highest BCUT2D eigenvalue weighted by molar-refractivity contribution is 5.27. The fraction of sp³-hybridized carbons (Fsp3) is 0.455. The first kappa shape index (κ1) is 18.5. The van der Waals surface area contributed by atoms with Gasteiger partial charge in [-0.15, -0.1) is 0 Å². The van der Waals surface area contributed by atoms with Gasteiger partial charge in [-0.1, -0.05) is 68.7 Å². The second-order valence-electron chi connectivity index (χ2n) is 6.42. The third-order valence-electron chi connectivity index (χ3n) is 4.45. The zero-order valence-electron chi connectivity index (χ0n) is 15.2. The maximum Gasteiger partial charge on any atom is 0.118 e. The number of hydrogen-bond acceptors (Lipinski definition) is 2. The summed E-state index contributed by atoms with van der Waals surface area (Å²) < 4.78 is 5.26. The SMILES string of the molecule is CCCCCCN(CCc1ccccc1)Cc1ccc(OC)cc1. The summed E-state index contributed by atoms with van der Waals surface area (Å²) in [6.07, 6.45) is 6.38. The molecule has 0 aromatic heterocycles. The summed E-state index contributed by atoms with van der Waals surface area (Å²) in [5, 5.41) is 0. The fourth-order valence-electron chi connectivity index (χ4n) is 2.95. The molecule has 2 nitrogen and oxygen atoms in total. The van der Waals surface area contributed by atoms with Crippen LogP contribution in [-0.2, 0) is 13.0 Å². The van der Waals surface area contributed by atoms with Crippen LogP contribution >= 0.6 is 0 Å². The molecular formula is C22H31NO. The van der Waals surface area contributed by atoms with Gasteiger partial charge in [-0.3, -0.25) is 4.90 Å². The lowest BCUT2D eigenvalue weighted by atomic mass is 10.1. The highest BCUT2D eigenvalue weighted by atomic mass is 16.5. The van der Waals surface area contributed by atoms with Crippen LogP contribution in [0.15, 0.2) is 54.6 Å². The molecule has 0 N–H and O–H groups in total. The molecule has 0 radical (unpaired) electrons. The van der Waals surface area contributed by atoms with E-state index in [1.807, 2.05) is 0 Å². The quantitative estimate of drug-likeness (QED) is 0.518. The van der Waals surface area contributed by atoms with Gasteiger partial charge in [-0.2, -0.15) is 0 Å². The van der Waals surface area contributed by atoms with E-state index in [1.54, 1.807) is 7.11 Å². The molecule has 0 heterocycles. The Morgan fingerprint density at radius 2 is 1.54 bits per heavy atom. The van der Waals surface area contributed by atoms with E-state index < -0.39 is 0 Å². The van der Waals surface area contributed by atoms with Crippen molar-refractivity contribution in [2.75, 3.05) is 20.2 Å². The van der Waals surface area contributed by atoms with Crippen LogP contribution in [0.2, 0.25) is 0 Å². The second kappa shape index (κ2) is 10.9. The summed E-state index contributed by atoms with van der Waals surface area (Å²) in [6, 6.07) is 19.3. The molecular weight excluding hydrogens is 294 g/mol. The Morgan fingerprint density at radius 1 is 0.792 bits per heavy atom. The van der Waals surface area contributed by atoms with Crippen molar-refractivity contribution >= 4 is 0 Å². The Kier molecular flexibility index (Phi) is 8.40. The first-order valence-electron chi connectivity index (χ1n) is 9.21. The Balaban J connectivity index is 1.90. The molecule has 0 saturated heterocycles. The van der Waals surface area contributed by atoms with Crippen molar-refractivity contribution in [2.24, 2.45) is 0 Å². The van der Waals surface area contributed by atoms with Gasteiger partial charge < -0.3 is 4.74 Å². The molecule has 0 spiro atoms. The van der Waals surface area contributed by atoms with Gasteiger partial charge in [0.05, 0.1) is 7.11 Å². The minimum Gasteiger partial charge on any atom is -0.497 e. The van der Waals surface area contributed by atoms with Crippen molar-refractivity contribution in [3.05, 3.63) is 65.7 Å². The van der Waals surface area contributed by atoms with E-state index in [-0.39, 0.29) is 0 Å². The van der Waals surface area contributed by atoms with Crippen LogP contribution in [0.25, 0.3) is 0 Å². The molecule has 0 amide bonds. The lowest BCUT2D eigenvalue weighted by Gasteiger charge is -2.22. The lowest BCUT2D eigenvalue weighted by molar-refractivity contribution is 0.262. The molecule has 0 aliphatic rings. The van der Waals surface area contributed by atoms with Crippen LogP contribution in [0.5, 0.6) is 5.75 Å². The highest BCUT2D eigenvalue weighted by Crippen LogP contribution is 2.14. The van der Waals surface area contributed by atoms with Gasteiger partial charge in [0.2, 0.25) is 0 Å². The van der Waals surface area contributed by atoms with Crippen molar-refractivity contribution in [3.63, 3.8) is 0 Å². The molecule has 2 rings (SSSR count). The molecule has 0 atom stereocenters. The summed E-state index contributed by atoms with van der Waals surface area (Å²) in [7, 11) is 1.72. The van der Waals surface area contributed by atoms with Crippen molar-refractivity contribution in [3.8, 4) is 5.75 Å². The van der Waals surface area contributed by atoms with Crippen LogP contribution in [0.1, 0.15) is 43.7 Å². The summed E-state index contributed by atoms with van der Waals surface area (Å²) in [6.45, 7) is 5.58. The second-order valence-corrected chi connectivity index (χ2v) is 6.42. The van der Waals surface area contributed by atoms with E-state index in [4.69, 9.17) is 4.74 Å². The Labute approximate surface area is 147 Å². The lowest BCUT2D eigenvalue weighted by Crippen LogP contribution is -2.27. The fourth-order valence-corrected chi connectivity index (χ4v) is 2.95. The van der Waals surface area contributed by atoms with Crippen LogP contribution in [0, 0.1) is 0 Å². The summed E-state index contributed by atoms with van der Waals surface area (Å²) in [4.78, 5) is 2.59. The van der Waals surface area contributed by atoms with E-state index in [0.717, 1.165) is 25.3 Å². The van der Waals surface area contributed by atoms with Gasteiger partial charge in [-0.25, -0.2) is 0 Å². The number of methoxy groups -OCH3 is 1. The molecule has 2 aromatic rings. The average molecular weight is 325 g/mol. The topological polar surface area (TPSA) is 12.5 Å². The number of benzene rings is 2. The molecule has 2 aromatic carbocycles. The zero-order chi connectivity index (χ0) is 17.0. The van der Waals surface area contributed by atoms with Gasteiger partial charge in [0.15, 0.2) is 0 Å². The number of nitrogens with zero attached hydrogens (tertiary/aromatic N) is 1. The number of ether oxygens (including phenoxy) is 1. The number of unbranched alkanes of at least 4 members (excludes halogenated alkanes) is 3. The Hall–Kier alpha value is -1.80. The molecule has 130 valence electrons. The minimum atomic E-state index is 0.928. The van der Waals surface area contributed by atoms with E-state index in [2.05, 4.69) is 66.4 Å². The van der Waals surface area contributed by atoms with Crippen LogP contribution < -0.4 is 4.74 Å². The number of rotatable bonds is 11. The first-order valence-corrected chi connectivity index (χ1v) is 9.21. The Bertz CT molecular complexity index is 550. The van der Waals surface area contributed by atoms with E-state index in [9.17, 15) is 0 Å². The maximum absolute atomic E-state index is 5.26.